The van der Waals surface area contributed by atoms with Crippen molar-refractivity contribution in [1.82, 2.24) is 9.21 Å². The van der Waals surface area contributed by atoms with E-state index in [1.807, 2.05) is 42.3 Å². The molecule has 0 radical (unpaired) electrons. The first-order chi connectivity index (χ1) is 13.7. The molecule has 0 aromatic heterocycles. The number of piperazine rings is 1. The van der Waals surface area contributed by atoms with Crippen molar-refractivity contribution in [2.75, 3.05) is 38.1 Å². The van der Waals surface area contributed by atoms with Gasteiger partial charge in [-0.05, 0) is 50.2 Å². The van der Waals surface area contributed by atoms with Crippen LogP contribution in [0.1, 0.15) is 12.0 Å². The number of halogens is 1. The fourth-order valence-corrected chi connectivity index (χ4v) is 5.68. The maximum atomic E-state index is 14.0. The third kappa shape index (κ3) is 3.45. The minimum Gasteiger partial charge on any atom is -0.309 e. The number of sulfonamides is 1. The van der Waals surface area contributed by atoms with Crippen LogP contribution in [0, 0.1) is 12.7 Å². The summed E-state index contributed by atoms with van der Waals surface area (Å²) in [6, 6.07) is 13.4. The molecular formula is C21H24FN3O3S. The first-order valence-electron chi connectivity index (χ1n) is 9.56. The van der Waals surface area contributed by atoms with Crippen LogP contribution in [0.2, 0.25) is 0 Å². The molecule has 2 aromatic rings. The fraction of sp³-hybridized carbons (Fsp3) is 0.381. The van der Waals surface area contributed by atoms with Gasteiger partial charge < -0.3 is 4.90 Å². The quantitative estimate of drug-likeness (QED) is 0.769. The van der Waals surface area contributed by atoms with Gasteiger partial charge in [0, 0.05) is 25.3 Å². The summed E-state index contributed by atoms with van der Waals surface area (Å²) in [5.41, 5.74) is 0.748. The number of rotatable bonds is 3. The van der Waals surface area contributed by atoms with E-state index >= 15 is 0 Å². The smallest absolute Gasteiger partial charge is 0.243 e. The van der Waals surface area contributed by atoms with Crippen LogP contribution >= 0.6 is 0 Å². The second kappa shape index (κ2) is 7.19. The van der Waals surface area contributed by atoms with Crippen molar-refractivity contribution in [1.29, 1.82) is 0 Å². The summed E-state index contributed by atoms with van der Waals surface area (Å²) in [4.78, 5) is 16.3. The van der Waals surface area contributed by atoms with Crippen LogP contribution in [0.25, 0.3) is 0 Å². The lowest BCUT2D eigenvalue weighted by Crippen LogP contribution is -2.64. The normalized spacial score (nSPS) is 23.8. The van der Waals surface area contributed by atoms with Crippen molar-refractivity contribution < 1.29 is 17.6 Å². The third-order valence-electron chi connectivity index (χ3n) is 6.08. The summed E-state index contributed by atoms with van der Waals surface area (Å²) in [5.74, 6) is -0.540. The van der Waals surface area contributed by atoms with E-state index in [9.17, 15) is 17.6 Å². The van der Waals surface area contributed by atoms with E-state index in [1.54, 1.807) is 11.8 Å². The number of hydrogen-bond acceptors (Lipinski definition) is 4. The SMILES string of the molecule is Cc1ccc(S(=O)(=O)N2CCC3(CN(c4ccccc4)C(=O)CN3C)C2)cc1F. The molecule has 8 heteroatoms. The first kappa shape index (κ1) is 20.0. The van der Waals surface area contributed by atoms with Gasteiger partial charge in [-0.1, -0.05) is 24.3 Å². The van der Waals surface area contributed by atoms with Gasteiger partial charge >= 0.3 is 0 Å². The monoisotopic (exact) mass is 417 g/mol. The molecule has 1 unspecified atom stereocenters. The van der Waals surface area contributed by atoms with Crippen LogP contribution in [-0.4, -0.2) is 62.3 Å². The third-order valence-corrected chi connectivity index (χ3v) is 7.92. The fourth-order valence-electron chi connectivity index (χ4n) is 4.15. The summed E-state index contributed by atoms with van der Waals surface area (Å²) in [5, 5.41) is 0. The van der Waals surface area contributed by atoms with E-state index in [2.05, 4.69) is 0 Å². The number of benzene rings is 2. The number of anilines is 1. The Labute approximate surface area is 170 Å². The predicted octanol–water partition coefficient (Wildman–Crippen LogP) is 2.25. The van der Waals surface area contributed by atoms with Crippen LogP contribution in [0.4, 0.5) is 10.1 Å². The van der Waals surface area contributed by atoms with E-state index in [4.69, 9.17) is 0 Å². The zero-order valence-corrected chi connectivity index (χ0v) is 17.3. The Morgan fingerprint density at radius 3 is 2.48 bits per heavy atom. The van der Waals surface area contributed by atoms with Gasteiger partial charge in [-0.2, -0.15) is 4.31 Å². The van der Waals surface area contributed by atoms with Crippen molar-refractivity contribution in [3.8, 4) is 0 Å². The highest BCUT2D eigenvalue weighted by Gasteiger charge is 2.50. The van der Waals surface area contributed by atoms with Gasteiger partial charge in [-0.3, -0.25) is 9.69 Å². The van der Waals surface area contributed by atoms with Gasteiger partial charge in [-0.25, -0.2) is 12.8 Å². The Hall–Kier alpha value is -2.29. The summed E-state index contributed by atoms with van der Waals surface area (Å²) in [6.07, 6.45) is 0.605. The molecule has 29 heavy (non-hydrogen) atoms. The highest BCUT2D eigenvalue weighted by atomic mass is 32.2. The average Bonchev–Trinajstić information content (AvgIpc) is 3.14. The molecular weight excluding hydrogens is 393 g/mol. The lowest BCUT2D eigenvalue weighted by atomic mass is 9.92. The molecule has 0 N–H and O–H groups in total. The second-order valence-corrected chi connectivity index (χ2v) is 9.83. The lowest BCUT2D eigenvalue weighted by Gasteiger charge is -2.46. The van der Waals surface area contributed by atoms with Crippen molar-refractivity contribution in [2.24, 2.45) is 0 Å². The van der Waals surface area contributed by atoms with Crippen LogP contribution in [-0.2, 0) is 14.8 Å². The topological polar surface area (TPSA) is 60.9 Å². The molecule has 154 valence electrons. The highest BCUT2D eigenvalue weighted by Crippen LogP contribution is 2.35. The van der Waals surface area contributed by atoms with Crippen molar-refractivity contribution >= 4 is 21.6 Å². The lowest BCUT2D eigenvalue weighted by molar-refractivity contribution is -0.123. The highest BCUT2D eigenvalue weighted by molar-refractivity contribution is 7.89. The van der Waals surface area contributed by atoms with E-state index < -0.39 is 21.4 Å². The molecule has 2 fully saturated rings. The van der Waals surface area contributed by atoms with Gasteiger partial charge in [0.15, 0.2) is 0 Å². The molecule has 4 rings (SSSR count). The summed E-state index contributed by atoms with van der Waals surface area (Å²) < 4.78 is 41.6. The van der Waals surface area contributed by atoms with Crippen LogP contribution in [0.3, 0.4) is 0 Å². The number of carbonyl (C=O) groups is 1. The van der Waals surface area contributed by atoms with Gasteiger partial charge in [0.25, 0.3) is 0 Å². The van der Waals surface area contributed by atoms with Crippen LogP contribution < -0.4 is 4.90 Å². The van der Waals surface area contributed by atoms with E-state index in [-0.39, 0.29) is 23.9 Å². The number of carbonyl (C=O) groups excluding carboxylic acids is 1. The second-order valence-electron chi connectivity index (χ2n) is 7.90. The summed E-state index contributed by atoms with van der Waals surface area (Å²) in [6.45, 7) is 2.84. The first-order valence-corrected chi connectivity index (χ1v) is 11.0. The Kier molecular flexibility index (Phi) is 4.96. The molecule has 0 saturated carbocycles. The average molecular weight is 418 g/mol. The Morgan fingerprint density at radius 2 is 1.79 bits per heavy atom. The summed E-state index contributed by atoms with van der Waals surface area (Å²) >= 11 is 0. The number of nitrogens with zero attached hydrogens (tertiary/aromatic N) is 3. The van der Waals surface area contributed by atoms with Gasteiger partial charge in [0.2, 0.25) is 15.9 Å². The molecule has 2 aliphatic heterocycles. The number of hydrogen-bond donors (Lipinski definition) is 0. The molecule has 1 atom stereocenters. The largest absolute Gasteiger partial charge is 0.309 e. The predicted molar refractivity (Wildman–Crippen MR) is 109 cm³/mol. The zero-order chi connectivity index (χ0) is 20.8. The van der Waals surface area contributed by atoms with Crippen LogP contribution in [0.5, 0.6) is 0 Å². The number of likely N-dealkylation sites (N-methyl/N-ethyl adjacent to an activating group) is 1. The molecule has 2 heterocycles. The molecule has 6 nitrogen and oxygen atoms in total. The van der Waals surface area contributed by atoms with Crippen molar-refractivity contribution in [3.05, 3.63) is 59.9 Å². The molecule has 2 saturated heterocycles. The minimum absolute atomic E-state index is 0.00811. The van der Waals surface area contributed by atoms with E-state index in [0.29, 0.717) is 25.1 Å². The van der Waals surface area contributed by atoms with E-state index in [1.165, 1.54) is 16.4 Å². The van der Waals surface area contributed by atoms with E-state index in [0.717, 1.165) is 11.8 Å². The molecule has 1 amide bonds. The minimum atomic E-state index is -3.81. The van der Waals surface area contributed by atoms with Gasteiger partial charge in [0.05, 0.1) is 17.0 Å². The van der Waals surface area contributed by atoms with Gasteiger partial charge in [0.1, 0.15) is 5.82 Å². The number of para-hydroxylation sites is 1. The standard InChI is InChI=1S/C21H24FN3O3S/c1-16-8-9-18(12-19(16)22)29(27,28)24-11-10-21(14-24)15-25(20(26)13-23(21)2)17-6-4-3-5-7-17/h3-9,12H,10-11,13-15H2,1-2H3. The summed E-state index contributed by atoms with van der Waals surface area (Å²) in [7, 11) is -1.95. The molecule has 0 bridgehead atoms. The molecule has 2 aliphatic rings. The molecule has 1 spiro atoms. The van der Waals surface area contributed by atoms with Crippen molar-refractivity contribution in [3.63, 3.8) is 0 Å². The van der Waals surface area contributed by atoms with Crippen molar-refractivity contribution in [2.45, 2.75) is 23.8 Å². The Bertz CT molecular complexity index is 1040. The zero-order valence-electron chi connectivity index (χ0n) is 16.5. The number of aryl methyl sites for hydroxylation is 1. The molecule has 2 aromatic carbocycles. The van der Waals surface area contributed by atoms with Gasteiger partial charge in [-0.15, -0.1) is 0 Å². The number of amides is 1. The Balaban J connectivity index is 1.61. The van der Waals surface area contributed by atoms with Crippen LogP contribution in [0.15, 0.2) is 53.4 Å². The molecule has 0 aliphatic carbocycles. The maximum absolute atomic E-state index is 14.0. The Morgan fingerprint density at radius 1 is 1.07 bits per heavy atom. The maximum Gasteiger partial charge on any atom is 0.243 e.